The van der Waals surface area contributed by atoms with E-state index in [2.05, 4.69) is 5.32 Å². The molecule has 1 aromatic carbocycles. The summed E-state index contributed by atoms with van der Waals surface area (Å²) in [5, 5.41) is 3.55. The highest BCUT2D eigenvalue weighted by atomic mass is 35.5. The van der Waals surface area contributed by atoms with E-state index in [4.69, 9.17) is 29.6 Å². The van der Waals surface area contributed by atoms with Crippen molar-refractivity contribution in [2.75, 3.05) is 5.32 Å². The first-order chi connectivity index (χ1) is 9.45. The fourth-order valence-electron chi connectivity index (χ4n) is 2.66. The minimum Gasteiger partial charge on any atom is -0.392 e. The predicted octanol–water partition coefficient (Wildman–Crippen LogP) is 3.82. The minimum absolute atomic E-state index is 0.107. The Labute approximate surface area is 129 Å². The third-order valence-electron chi connectivity index (χ3n) is 4.04. The Balaban J connectivity index is 2.20. The number of anilines is 1. The predicted molar refractivity (Wildman–Crippen MR) is 87.1 cm³/mol. The lowest BCUT2D eigenvalue weighted by Crippen LogP contribution is -2.47. The molecule has 0 radical (unpaired) electrons. The molecule has 0 spiro atoms. The van der Waals surface area contributed by atoms with Crippen molar-refractivity contribution >= 4 is 40.4 Å². The second-order valence-corrected chi connectivity index (χ2v) is 6.27. The zero-order chi connectivity index (χ0) is 14.8. The molecule has 1 aliphatic rings. The van der Waals surface area contributed by atoms with Crippen LogP contribution in [0.5, 0.6) is 0 Å². The largest absolute Gasteiger partial charge is 0.392 e. The number of carbonyl (C=O) groups excluding carboxylic acids is 1. The Bertz CT molecular complexity index is 539. The van der Waals surface area contributed by atoms with Crippen molar-refractivity contribution in [2.45, 2.75) is 39.0 Å². The maximum Gasteiger partial charge on any atom is 0.237 e. The van der Waals surface area contributed by atoms with Gasteiger partial charge in [-0.05, 0) is 37.5 Å². The SMILES string of the molecule is Cc1ccc(NC(=O)C2(C(N)=S)CCCCC2)cc1Cl. The van der Waals surface area contributed by atoms with Crippen LogP contribution in [0.1, 0.15) is 37.7 Å². The van der Waals surface area contributed by atoms with E-state index in [0.717, 1.165) is 37.7 Å². The number of hydrogen-bond donors (Lipinski definition) is 2. The fourth-order valence-corrected chi connectivity index (χ4v) is 3.14. The van der Waals surface area contributed by atoms with Crippen molar-refractivity contribution in [3.05, 3.63) is 28.8 Å². The number of benzene rings is 1. The molecule has 5 heteroatoms. The number of hydrogen-bond acceptors (Lipinski definition) is 2. The molecule has 1 aliphatic carbocycles. The molecule has 3 nitrogen and oxygen atoms in total. The molecule has 0 bridgehead atoms. The van der Waals surface area contributed by atoms with Crippen LogP contribution in [0.4, 0.5) is 5.69 Å². The molecule has 1 aromatic rings. The van der Waals surface area contributed by atoms with E-state index in [1.54, 1.807) is 6.07 Å². The maximum absolute atomic E-state index is 12.6. The summed E-state index contributed by atoms with van der Waals surface area (Å²) in [7, 11) is 0. The van der Waals surface area contributed by atoms with Gasteiger partial charge < -0.3 is 11.1 Å². The van der Waals surface area contributed by atoms with Crippen LogP contribution >= 0.6 is 23.8 Å². The van der Waals surface area contributed by atoms with Gasteiger partial charge in [0.05, 0.1) is 10.4 Å². The van der Waals surface area contributed by atoms with Crippen LogP contribution in [-0.2, 0) is 4.79 Å². The fraction of sp³-hybridized carbons (Fsp3) is 0.467. The van der Waals surface area contributed by atoms with Crippen molar-refractivity contribution in [3.8, 4) is 0 Å². The van der Waals surface area contributed by atoms with Gasteiger partial charge >= 0.3 is 0 Å². The standard InChI is InChI=1S/C15H19ClN2OS/c1-10-5-6-11(9-12(10)16)18-14(19)15(13(17)20)7-3-2-4-8-15/h5-6,9H,2-4,7-8H2,1H3,(H2,17,20)(H,18,19). The maximum atomic E-state index is 12.6. The number of carbonyl (C=O) groups is 1. The molecule has 0 aliphatic heterocycles. The van der Waals surface area contributed by atoms with Crippen LogP contribution in [0, 0.1) is 12.3 Å². The smallest absolute Gasteiger partial charge is 0.237 e. The van der Waals surface area contributed by atoms with Crippen molar-refractivity contribution < 1.29 is 4.79 Å². The summed E-state index contributed by atoms with van der Waals surface area (Å²) in [5.41, 5.74) is 6.82. The second kappa shape index (κ2) is 6.10. The summed E-state index contributed by atoms with van der Waals surface area (Å²) < 4.78 is 0. The van der Waals surface area contributed by atoms with Gasteiger partial charge in [-0.25, -0.2) is 0 Å². The lowest BCUT2D eigenvalue weighted by Gasteiger charge is -2.34. The van der Waals surface area contributed by atoms with Gasteiger partial charge in [0.25, 0.3) is 0 Å². The lowest BCUT2D eigenvalue weighted by molar-refractivity contribution is -0.123. The first-order valence-corrected chi connectivity index (χ1v) is 7.62. The number of rotatable bonds is 3. The van der Waals surface area contributed by atoms with Gasteiger partial charge in [0.1, 0.15) is 0 Å². The average molecular weight is 311 g/mol. The lowest BCUT2D eigenvalue weighted by atomic mass is 9.73. The molecular formula is C15H19ClN2OS. The van der Waals surface area contributed by atoms with Gasteiger partial charge in [-0.2, -0.15) is 0 Å². The molecule has 0 saturated heterocycles. The van der Waals surface area contributed by atoms with E-state index in [1.807, 2.05) is 19.1 Å². The third kappa shape index (κ3) is 2.96. The van der Waals surface area contributed by atoms with Crippen molar-refractivity contribution in [1.29, 1.82) is 0 Å². The van der Waals surface area contributed by atoms with Crippen LogP contribution < -0.4 is 11.1 Å². The van der Waals surface area contributed by atoms with Gasteiger partial charge in [-0.15, -0.1) is 0 Å². The topological polar surface area (TPSA) is 55.1 Å². The van der Waals surface area contributed by atoms with E-state index in [9.17, 15) is 4.79 Å². The third-order valence-corrected chi connectivity index (χ3v) is 4.84. The molecule has 0 unspecified atom stereocenters. The van der Waals surface area contributed by atoms with E-state index < -0.39 is 5.41 Å². The highest BCUT2D eigenvalue weighted by Crippen LogP contribution is 2.38. The summed E-state index contributed by atoms with van der Waals surface area (Å²) >= 11 is 11.2. The number of aryl methyl sites for hydroxylation is 1. The molecule has 0 heterocycles. The van der Waals surface area contributed by atoms with E-state index >= 15 is 0 Å². The quantitative estimate of drug-likeness (QED) is 0.834. The normalized spacial score (nSPS) is 17.5. The number of amides is 1. The van der Waals surface area contributed by atoms with Crippen LogP contribution in [0.2, 0.25) is 5.02 Å². The summed E-state index contributed by atoms with van der Waals surface area (Å²) in [4.78, 5) is 12.9. The molecular weight excluding hydrogens is 292 g/mol. The zero-order valence-corrected chi connectivity index (χ0v) is 13.1. The van der Waals surface area contributed by atoms with Crippen molar-refractivity contribution in [1.82, 2.24) is 0 Å². The van der Waals surface area contributed by atoms with Gasteiger partial charge in [-0.3, -0.25) is 4.79 Å². The summed E-state index contributed by atoms with van der Waals surface area (Å²) in [6.45, 7) is 1.92. The van der Waals surface area contributed by atoms with Crippen molar-refractivity contribution in [3.63, 3.8) is 0 Å². The molecule has 3 N–H and O–H groups in total. The minimum atomic E-state index is -0.703. The molecule has 0 aromatic heterocycles. The van der Waals surface area contributed by atoms with Crippen molar-refractivity contribution in [2.24, 2.45) is 11.1 Å². The molecule has 108 valence electrons. The first-order valence-electron chi connectivity index (χ1n) is 6.83. The zero-order valence-electron chi connectivity index (χ0n) is 11.5. The second-order valence-electron chi connectivity index (χ2n) is 5.43. The van der Waals surface area contributed by atoms with E-state index in [1.165, 1.54) is 0 Å². The Morgan fingerprint density at radius 3 is 2.55 bits per heavy atom. The average Bonchev–Trinajstić information content (AvgIpc) is 2.43. The summed E-state index contributed by atoms with van der Waals surface area (Å²) in [6.07, 6.45) is 4.56. The van der Waals surface area contributed by atoms with Gasteiger partial charge in [-0.1, -0.05) is 49.1 Å². The first kappa shape index (κ1) is 15.3. The highest BCUT2D eigenvalue weighted by molar-refractivity contribution is 7.80. The molecule has 1 amide bonds. The molecule has 0 atom stereocenters. The molecule has 1 saturated carbocycles. The van der Waals surface area contributed by atoms with Crippen LogP contribution in [0.25, 0.3) is 0 Å². The van der Waals surface area contributed by atoms with Gasteiger partial charge in [0, 0.05) is 10.7 Å². The van der Waals surface area contributed by atoms with E-state index in [0.29, 0.717) is 15.7 Å². The Hall–Kier alpha value is -1.13. The van der Waals surface area contributed by atoms with Crippen LogP contribution in [-0.4, -0.2) is 10.9 Å². The Morgan fingerprint density at radius 2 is 2.00 bits per heavy atom. The van der Waals surface area contributed by atoms with Gasteiger partial charge in [0.2, 0.25) is 5.91 Å². The highest BCUT2D eigenvalue weighted by Gasteiger charge is 2.42. The van der Waals surface area contributed by atoms with Gasteiger partial charge in [0.15, 0.2) is 0 Å². The Morgan fingerprint density at radius 1 is 1.35 bits per heavy atom. The number of thiocarbonyl (C=S) groups is 1. The molecule has 1 fully saturated rings. The summed E-state index contributed by atoms with van der Waals surface area (Å²) in [5.74, 6) is -0.107. The van der Waals surface area contributed by atoms with E-state index in [-0.39, 0.29) is 5.91 Å². The monoisotopic (exact) mass is 310 g/mol. The summed E-state index contributed by atoms with van der Waals surface area (Å²) in [6, 6.07) is 5.48. The molecule has 20 heavy (non-hydrogen) atoms. The van der Waals surface area contributed by atoms with Crippen LogP contribution in [0.15, 0.2) is 18.2 Å². The number of halogens is 1. The number of nitrogens with one attached hydrogen (secondary N) is 1. The molecule has 2 rings (SSSR count). The number of nitrogens with two attached hydrogens (primary N) is 1. The Kier molecular flexibility index (Phi) is 4.66. The van der Waals surface area contributed by atoms with Crippen LogP contribution in [0.3, 0.4) is 0 Å².